The molecule has 5 rings (SSSR count). The molecule has 0 heterocycles. The van der Waals surface area contributed by atoms with Gasteiger partial charge in [-0.15, -0.1) is 0 Å². The first kappa shape index (κ1) is 34.9. The number of unbranched alkanes of at least 4 members (excludes halogenated alkanes) is 2. The van der Waals surface area contributed by atoms with E-state index in [1.807, 2.05) is 18.2 Å². The largest absolute Gasteiger partial charge is 0.508 e. The quantitative estimate of drug-likeness (QED) is 0.165. The SMILES string of the molecule is C[C@@]12CCC[C@H]1[C@@H]1CCc3cc(O)cc(CO)c3[C@H]1[C@@H](c1ccc(OCCCCCS(=O)(=O)CCCC(F)(F)C(F)(F)F)cc1)C2. The lowest BCUT2D eigenvalue weighted by Gasteiger charge is -2.53. The van der Waals surface area contributed by atoms with Gasteiger partial charge >= 0.3 is 12.1 Å². The van der Waals surface area contributed by atoms with Crippen molar-refractivity contribution in [1.82, 2.24) is 0 Å². The van der Waals surface area contributed by atoms with Gasteiger partial charge in [-0.3, -0.25) is 0 Å². The first-order valence-corrected chi connectivity index (χ1v) is 18.3. The highest BCUT2D eigenvalue weighted by atomic mass is 32.2. The Labute approximate surface area is 268 Å². The zero-order valence-corrected chi connectivity index (χ0v) is 27.1. The van der Waals surface area contributed by atoms with E-state index in [0.717, 1.165) is 30.4 Å². The van der Waals surface area contributed by atoms with Crippen LogP contribution in [0.15, 0.2) is 36.4 Å². The van der Waals surface area contributed by atoms with Crippen molar-refractivity contribution in [1.29, 1.82) is 0 Å². The van der Waals surface area contributed by atoms with Gasteiger partial charge in [-0.05, 0) is 133 Å². The van der Waals surface area contributed by atoms with E-state index in [1.54, 1.807) is 6.07 Å². The predicted molar refractivity (Wildman–Crippen MR) is 166 cm³/mol. The van der Waals surface area contributed by atoms with Crippen LogP contribution in [0.5, 0.6) is 11.5 Å². The second kappa shape index (κ2) is 13.6. The Bertz CT molecular complexity index is 1440. The number of sulfone groups is 1. The number of rotatable bonds is 13. The summed E-state index contributed by atoms with van der Waals surface area (Å²) >= 11 is 0. The standard InChI is InChI=1S/C35H45F5O5S/c1-33-14-5-7-30(33)28-13-10-24-19-26(42)20-25(22-41)31(24)32(28)29(21-33)23-8-11-27(12-9-23)45-16-3-2-4-17-46(43,44)18-6-15-34(36,37)35(38,39)40/h8-9,11-12,19-20,28-30,32,41-42H,2-7,10,13-18,21-22H2,1H3/t28-,29+,30-,32+,33-/m0/s1. The molecule has 2 saturated carbocycles. The van der Waals surface area contributed by atoms with Gasteiger partial charge in [-0.2, -0.15) is 22.0 Å². The zero-order valence-electron chi connectivity index (χ0n) is 26.3. The Morgan fingerprint density at radius 3 is 2.39 bits per heavy atom. The number of alkyl halides is 5. The highest BCUT2D eigenvalue weighted by Crippen LogP contribution is 2.65. The van der Waals surface area contributed by atoms with Gasteiger partial charge in [0, 0.05) is 6.42 Å². The minimum absolute atomic E-state index is 0.103. The molecule has 2 aromatic carbocycles. The molecule has 0 aliphatic heterocycles. The Morgan fingerprint density at radius 2 is 1.70 bits per heavy atom. The summed E-state index contributed by atoms with van der Waals surface area (Å²) in [5.74, 6) is -3.22. The first-order chi connectivity index (χ1) is 21.6. The second-order valence-corrected chi connectivity index (χ2v) is 16.3. The fourth-order valence-corrected chi connectivity index (χ4v) is 10.2. The second-order valence-electron chi connectivity index (χ2n) is 14.0. The van der Waals surface area contributed by atoms with Crippen molar-refractivity contribution in [2.45, 2.75) is 108 Å². The molecule has 46 heavy (non-hydrogen) atoms. The van der Waals surface area contributed by atoms with Gasteiger partial charge in [-0.1, -0.05) is 25.5 Å². The lowest BCUT2D eigenvalue weighted by atomic mass is 9.51. The fraction of sp³-hybridized carbons (Fsp3) is 0.657. The molecule has 0 saturated heterocycles. The zero-order chi connectivity index (χ0) is 33.3. The maximum Gasteiger partial charge on any atom is 0.453 e. The van der Waals surface area contributed by atoms with Crippen molar-refractivity contribution >= 4 is 9.84 Å². The van der Waals surface area contributed by atoms with Crippen LogP contribution in [-0.2, 0) is 22.9 Å². The predicted octanol–water partition coefficient (Wildman–Crippen LogP) is 8.47. The molecule has 2 N–H and O–H groups in total. The summed E-state index contributed by atoms with van der Waals surface area (Å²) in [5, 5.41) is 20.6. The molecule has 5 atom stereocenters. The van der Waals surface area contributed by atoms with E-state index in [9.17, 15) is 40.6 Å². The van der Waals surface area contributed by atoms with Gasteiger partial charge in [0.25, 0.3) is 0 Å². The Hall–Kier alpha value is -2.40. The molecule has 256 valence electrons. The Balaban J connectivity index is 1.16. The van der Waals surface area contributed by atoms with Gasteiger partial charge in [0.2, 0.25) is 0 Å². The number of hydrogen-bond acceptors (Lipinski definition) is 5. The van der Waals surface area contributed by atoms with Gasteiger partial charge in [0.05, 0.1) is 24.7 Å². The summed E-state index contributed by atoms with van der Waals surface area (Å²) in [6.07, 6.45) is 0.187. The summed E-state index contributed by atoms with van der Waals surface area (Å²) in [4.78, 5) is 0. The molecule has 11 heteroatoms. The molecular formula is C35H45F5O5S. The number of fused-ring (bicyclic) bond motifs is 5. The normalized spacial score (nSPS) is 26.3. The summed E-state index contributed by atoms with van der Waals surface area (Å²) in [7, 11) is -3.72. The van der Waals surface area contributed by atoms with E-state index >= 15 is 0 Å². The molecule has 5 nitrogen and oxygen atoms in total. The Kier molecular flexibility index (Phi) is 10.3. The maximum atomic E-state index is 13.0. The number of aliphatic hydroxyl groups is 1. The fourth-order valence-electron chi connectivity index (χ4n) is 8.75. The number of ether oxygens (including phenoxy) is 1. The number of halogens is 5. The van der Waals surface area contributed by atoms with Crippen LogP contribution in [0.25, 0.3) is 0 Å². The first-order valence-electron chi connectivity index (χ1n) is 16.5. The molecule has 0 spiro atoms. The molecule has 2 aromatic rings. The number of phenols is 1. The van der Waals surface area contributed by atoms with E-state index in [4.69, 9.17) is 4.74 Å². The third-order valence-corrected chi connectivity index (χ3v) is 12.7. The molecule has 3 aliphatic carbocycles. The molecule has 3 aliphatic rings. The lowest BCUT2D eigenvalue weighted by Crippen LogP contribution is -2.43. The van der Waals surface area contributed by atoms with Gasteiger partial charge in [0.15, 0.2) is 0 Å². The molecular weight excluding hydrogens is 627 g/mol. The third-order valence-electron chi connectivity index (χ3n) is 10.9. The molecule has 2 fully saturated rings. The molecule has 0 amide bonds. The van der Waals surface area contributed by atoms with E-state index < -0.39 is 40.5 Å². The Morgan fingerprint density at radius 1 is 0.978 bits per heavy atom. The van der Waals surface area contributed by atoms with Crippen LogP contribution in [-0.4, -0.2) is 48.8 Å². The van der Waals surface area contributed by atoms with Crippen LogP contribution in [0.2, 0.25) is 0 Å². The van der Waals surface area contributed by atoms with Crippen LogP contribution >= 0.6 is 0 Å². The number of benzene rings is 2. The summed E-state index contributed by atoms with van der Waals surface area (Å²) in [5.41, 5.74) is 4.70. The minimum atomic E-state index is -5.68. The number of phenolic OH excluding ortho intramolecular Hbond substituents is 1. The monoisotopic (exact) mass is 672 g/mol. The number of aryl methyl sites for hydroxylation is 1. The van der Waals surface area contributed by atoms with E-state index in [2.05, 4.69) is 19.1 Å². The van der Waals surface area contributed by atoms with Crippen LogP contribution in [0, 0.1) is 17.3 Å². The van der Waals surface area contributed by atoms with Crippen molar-refractivity contribution in [3.05, 3.63) is 58.7 Å². The number of aromatic hydroxyl groups is 1. The average Bonchev–Trinajstić information content (AvgIpc) is 3.38. The molecule has 0 aromatic heterocycles. The summed E-state index contributed by atoms with van der Waals surface area (Å²) in [6, 6.07) is 11.8. The van der Waals surface area contributed by atoms with Crippen LogP contribution in [0.3, 0.4) is 0 Å². The smallest absolute Gasteiger partial charge is 0.453 e. The summed E-state index contributed by atoms with van der Waals surface area (Å²) < 4.78 is 93.0. The van der Waals surface area contributed by atoms with Crippen molar-refractivity contribution in [3.8, 4) is 11.5 Å². The topological polar surface area (TPSA) is 83.8 Å². The third kappa shape index (κ3) is 7.50. The van der Waals surface area contributed by atoms with Gasteiger partial charge in [0.1, 0.15) is 21.3 Å². The van der Waals surface area contributed by atoms with E-state index in [-0.39, 0.29) is 41.8 Å². The number of hydrogen-bond donors (Lipinski definition) is 2. The van der Waals surface area contributed by atoms with Crippen molar-refractivity contribution in [2.24, 2.45) is 17.3 Å². The maximum absolute atomic E-state index is 13.0. The highest BCUT2D eigenvalue weighted by Gasteiger charge is 2.57. The highest BCUT2D eigenvalue weighted by molar-refractivity contribution is 7.91. The van der Waals surface area contributed by atoms with Crippen LogP contribution in [0.1, 0.15) is 105 Å². The van der Waals surface area contributed by atoms with Crippen molar-refractivity contribution in [3.63, 3.8) is 0 Å². The van der Waals surface area contributed by atoms with Gasteiger partial charge < -0.3 is 14.9 Å². The minimum Gasteiger partial charge on any atom is -0.508 e. The molecule has 0 unspecified atom stereocenters. The number of aliphatic hydroxyl groups excluding tert-OH is 1. The molecule has 0 radical (unpaired) electrons. The van der Waals surface area contributed by atoms with Crippen LogP contribution in [0.4, 0.5) is 22.0 Å². The van der Waals surface area contributed by atoms with E-state index in [0.29, 0.717) is 37.0 Å². The van der Waals surface area contributed by atoms with Gasteiger partial charge in [-0.25, -0.2) is 8.42 Å². The molecule has 0 bridgehead atoms. The average molecular weight is 673 g/mol. The van der Waals surface area contributed by atoms with Crippen LogP contribution < -0.4 is 4.74 Å². The van der Waals surface area contributed by atoms with Crippen molar-refractivity contribution in [2.75, 3.05) is 18.1 Å². The summed E-state index contributed by atoms with van der Waals surface area (Å²) in [6.45, 7) is 2.71. The van der Waals surface area contributed by atoms with Crippen molar-refractivity contribution < 1.29 is 45.3 Å². The lowest BCUT2D eigenvalue weighted by molar-refractivity contribution is -0.284. The van der Waals surface area contributed by atoms with E-state index in [1.165, 1.54) is 30.4 Å².